The predicted molar refractivity (Wildman–Crippen MR) is 95.6 cm³/mol. The third kappa shape index (κ3) is 7.34. The highest BCUT2D eigenvalue weighted by atomic mass is 35.5. The number of hydrogen-bond acceptors (Lipinski definition) is 3. The van der Waals surface area contributed by atoms with E-state index in [1.165, 1.54) is 0 Å². The Bertz CT molecular complexity index is 596. The van der Waals surface area contributed by atoms with Gasteiger partial charge < -0.3 is 10.2 Å². The van der Waals surface area contributed by atoms with Gasteiger partial charge >= 0.3 is 11.9 Å². The van der Waals surface area contributed by atoms with Crippen molar-refractivity contribution in [1.82, 2.24) is 5.32 Å². The van der Waals surface area contributed by atoms with E-state index in [2.05, 4.69) is 5.32 Å². The van der Waals surface area contributed by atoms with Crippen LogP contribution in [0, 0.1) is 5.92 Å². The molecule has 0 heterocycles. The van der Waals surface area contributed by atoms with Crippen molar-refractivity contribution in [3.8, 4) is 0 Å². The highest BCUT2D eigenvalue weighted by Crippen LogP contribution is 2.20. The van der Waals surface area contributed by atoms with E-state index in [-0.39, 0.29) is 12.3 Å². The van der Waals surface area contributed by atoms with Crippen LogP contribution in [0.3, 0.4) is 0 Å². The molecule has 2 unspecified atom stereocenters. The summed E-state index contributed by atoms with van der Waals surface area (Å²) in [6, 6.07) is 3.11. The zero-order valence-electron chi connectivity index (χ0n) is 13.5. The molecule has 0 aliphatic rings. The molecule has 0 saturated carbocycles. The van der Waals surface area contributed by atoms with Gasteiger partial charge in [0.25, 0.3) is 0 Å². The van der Waals surface area contributed by atoms with E-state index >= 15 is 0 Å². The molecule has 5 nitrogen and oxygen atoms in total. The first-order valence-corrected chi connectivity index (χ1v) is 8.29. The Kier molecular flexibility index (Phi) is 8.25. The third-order valence-corrected chi connectivity index (χ3v) is 3.71. The summed E-state index contributed by atoms with van der Waals surface area (Å²) in [7, 11) is 0. The van der Waals surface area contributed by atoms with Gasteiger partial charge in [-0.2, -0.15) is 0 Å². The third-order valence-electron chi connectivity index (χ3n) is 3.27. The fraction of sp³-hybridized carbons (Fsp3) is 0.412. The first-order valence-electron chi connectivity index (χ1n) is 7.53. The van der Waals surface area contributed by atoms with Gasteiger partial charge in [0, 0.05) is 10.0 Å². The molecule has 0 aliphatic heterocycles. The van der Waals surface area contributed by atoms with E-state index in [0.717, 1.165) is 5.56 Å². The summed E-state index contributed by atoms with van der Waals surface area (Å²) in [6.45, 7) is 3.77. The Balaban J connectivity index is 2.76. The molecule has 0 saturated heterocycles. The van der Waals surface area contributed by atoms with Gasteiger partial charge in [-0.15, -0.1) is 0 Å². The number of carboxylic acid groups (broad SMARTS) is 2. The van der Waals surface area contributed by atoms with Crippen molar-refractivity contribution in [1.29, 1.82) is 0 Å². The molecule has 0 bridgehead atoms. The monoisotopic (exact) mass is 373 g/mol. The van der Waals surface area contributed by atoms with Crippen molar-refractivity contribution < 1.29 is 19.8 Å². The molecule has 3 N–H and O–H groups in total. The van der Waals surface area contributed by atoms with Gasteiger partial charge in [0.1, 0.15) is 12.1 Å². The fourth-order valence-corrected chi connectivity index (χ4v) is 2.75. The Labute approximate surface area is 151 Å². The maximum absolute atomic E-state index is 11.4. The molecule has 0 spiro atoms. The standard InChI is InChI=1S/C17H21Cl2NO4/c1-10(2)6-15(17(23)24)20-14(16(21)22)5-3-4-11-7-12(18)9-13(19)8-11/h3-4,7-10,14-15,20H,5-6H2,1-2H3,(H,21,22)(H,23,24)/b4-3-. The summed E-state index contributed by atoms with van der Waals surface area (Å²) in [4.78, 5) is 22.6. The van der Waals surface area contributed by atoms with Crippen LogP contribution in [-0.4, -0.2) is 34.2 Å². The van der Waals surface area contributed by atoms with E-state index in [9.17, 15) is 19.8 Å². The molecule has 0 radical (unpaired) electrons. The SMILES string of the molecule is CC(C)CC(NC(C/C=C\c1cc(Cl)cc(Cl)c1)C(=O)O)C(=O)O. The normalized spacial score (nSPS) is 14.0. The van der Waals surface area contributed by atoms with Crippen LogP contribution < -0.4 is 5.32 Å². The average molecular weight is 374 g/mol. The minimum atomic E-state index is -1.10. The predicted octanol–water partition coefficient (Wildman–Crippen LogP) is 3.94. The van der Waals surface area contributed by atoms with Gasteiger partial charge in [-0.05, 0) is 42.5 Å². The molecule has 0 aliphatic carbocycles. The van der Waals surface area contributed by atoms with Gasteiger partial charge in [0.05, 0.1) is 0 Å². The van der Waals surface area contributed by atoms with Crippen LogP contribution in [0.5, 0.6) is 0 Å². The lowest BCUT2D eigenvalue weighted by Gasteiger charge is -2.20. The van der Waals surface area contributed by atoms with Gasteiger partial charge in [0.15, 0.2) is 0 Å². The van der Waals surface area contributed by atoms with Gasteiger partial charge in [-0.1, -0.05) is 49.2 Å². The number of rotatable bonds is 9. The number of carbonyl (C=O) groups is 2. The summed E-state index contributed by atoms with van der Waals surface area (Å²) in [6.07, 6.45) is 3.85. The number of benzene rings is 1. The Morgan fingerprint density at radius 1 is 1.08 bits per heavy atom. The van der Waals surface area contributed by atoms with Crippen molar-refractivity contribution in [2.45, 2.75) is 38.8 Å². The summed E-state index contributed by atoms with van der Waals surface area (Å²) in [5.41, 5.74) is 0.744. The largest absolute Gasteiger partial charge is 0.480 e. The summed E-state index contributed by atoms with van der Waals surface area (Å²) in [5.74, 6) is -2.02. The zero-order chi connectivity index (χ0) is 18.3. The molecule has 0 aromatic heterocycles. The topological polar surface area (TPSA) is 86.6 Å². The van der Waals surface area contributed by atoms with Crippen molar-refractivity contribution in [3.63, 3.8) is 0 Å². The number of carboxylic acids is 2. The second-order valence-corrected chi connectivity index (χ2v) is 6.79. The van der Waals surface area contributed by atoms with Crippen LogP contribution in [0.2, 0.25) is 10.0 Å². The van der Waals surface area contributed by atoms with Crippen LogP contribution >= 0.6 is 23.2 Å². The van der Waals surface area contributed by atoms with Crippen LogP contribution in [0.25, 0.3) is 6.08 Å². The molecule has 132 valence electrons. The minimum Gasteiger partial charge on any atom is -0.480 e. The highest BCUT2D eigenvalue weighted by molar-refractivity contribution is 6.34. The minimum absolute atomic E-state index is 0.136. The average Bonchev–Trinajstić information content (AvgIpc) is 2.43. The molecule has 7 heteroatoms. The van der Waals surface area contributed by atoms with Crippen LogP contribution in [0.15, 0.2) is 24.3 Å². The van der Waals surface area contributed by atoms with E-state index in [0.29, 0.717) is 16.5 Å². The second-order valence-electron chi connectivity index (χ2n) is 5.92. The molecule has 1 rings (SSSR count). The first-order chi connectivity index (χ1) is 11.2. The number of halogens is 2. The van der Waals surface area contributed by atoms with E-state index in [1.807, 2.05) is 13.8 Å². The van der Waals surface area contributed by atoms with Gasteiger partial charge in [-0.3, -0.25) is 14.9 Å². The van der Waals surface area contributed by atoms with Crippen molar-refractivity contribution >= 4 is 41.2 Å². The maximum Gasteiger partial charge on any atom is 0.321 e. The van der Waals surface area contributed by atoms with Crippen LogP contribution in [0.4, 0.5) is 0 Å². The highest BCUT2D eigenvalue weighted by Gasteiger charge is 2.25. The Morgan fingerprint density at radius 3 is 2.08 bits per heavy atom. The second kappa shape index (κ2) is 9.67. The summed E-state index contributed by atoms with van der Waals surface area (Å²) < 4.78 is 0. The quantitative estimate of drug-likeness (QED) is 0.610. The smallest absolute Gasteiger partial charge is 0.321 e. The number of aliphatic carboxylic acids is 2. The van der Waals surface area contributed by atoms with Crippen molar-refractivity contribution in [3.05, 3.63) is 39.9 Å². The molecule has 2 atom stereocenters. The van der Waals surface area contributed by atoms with Crippen molar-refractivity contribution in [2.24, 2.45) is 5.92 Å². The number of nitrogens with one attached hydrogen (secondary N) is 1. The van der Waals surface area contributed by atoms with E-state index in [1.54, 1.807) is 30.4 Å². The zero-order valence-corrected chi connectivity index (χ0v) is 15.0. The summed E-state index contributed by atoms with van der Waals surface area (Å²) in [5, 5.41) is 22.2. The molecular formula is C17H21Cl2NO4. The molecule has 0 amide bonds. The van der Waals surface area contributed by atoms with Crippen LogP contribution in [-0.2, 0) is 9.59 Å². The fourth-order valence-electron chi connectivity index (χ4n) is 2.21. The number of hydrogen-bond donors (Lipinski definition) is 3. The summed E-state index contributed by atoms with van der Waals surface area (Å²) >= 11 is 11.8. The lowest BCUT2D eigenvalue weighted by atomic mass is 10.0. The molecule has 1 aromatic carbocycles. The molecule has 24 heavy (non-hydrogen) atoms. The maximum atomic E-state index is 11.4. The molecule has 0 fully saturated rings. The van der Waals surface area contributed by atoms with Crippen molar-refractivity contribution in [2.75, 3.05) is 0 Å². The lowest BCUT2D eigenvalue weighted by Crippen LogP contribution is -2.47. The van der Waals surface area contributed by atoms with E-state index in [4.69, 9.17) is 23.2 Å². The molecular weight excluding hydrogens is 353 g/mol. The lowest BCUT2D eigenvalue weighted by molar-refractivity contribution is -0.142. The first kappa shape index (κ1) is 20.5. The van der Waals surface area contributed by atoms with E-state index < -0.39 is 24.0 Å². The van der Waals surface area contributed by atoms with Crippen LogP contribution in [0.1, 0.15) is 32.3 Å². The Morgan fingerprint density at radius 2 is 1.62 bits per heavy atom. The van der Waals surface area contributed by atoms with Gasteiger partial charge in [0.2, 0.25) is 0 Å². The molecule has 1 aromatic rings. The Hall–Kier alpha value is -1.56. The van der Waals surface area contributed by atoms with Gasteiger partial charge in [-0.25, -0.2) is 0 Å².